The molecule has 0 unspecified atom stereocenters. The van der Waals surface area contributed by atoms with Crippen LogP contribution in [0.4, 0.5) is 5.82 Å². The highest BCUT2D eigenvalue weighted by Gasteiger charge is 2.17. The van der Waals surface area contributed by atoms with Crippen LogP contribution in [0.5, 0.6) is 0 Å². The summed E-state index contributed by atoms with van der Waals surface area (Å²) >= 11 is 5.91. The highest BCUT2D eigenvalue weighted by atomic mass is 35.5. The number of hydrogen-bond acceptors (Lipinski definition) is 4. The molecule has 0 bridgehead atoms. The van der Waals surface area contributed by atoms with Gasteiger partial charge in [0.25, 0.3) is 0 Å². The fourth-order valence-corrected chi connectivity index (χ4v) is 2.25. The molecule has 0 N–H and O–H groups in total. The molecule has 0 saturated carbocycles. The van der Waals surface area contributed by atoms with Crippen molar-refractivity contribution in [3.8, 4) is 0 Å². The average molecular weight is 235 g/mol. The van der Waals surface area contributed by atoms with Gasteiger partial charge in [0.1, 0.15) is 5.82 Å². The molecule has 0 amide bonds. The molecule has 1 fully saturated rings. The number of anilines is 1. The zero-order valence-electron chi connectivity index (χ0n) is 8.73. The van der Waals surface area contributed by atoms with Gasteiger partial charge in [0.05, 0.1) is 5.39 Å². The van der Waals surface area contributed by atoms with Crippen molar-refractivity contribution < 1.29 is 0 Å². The molecule has 0 spiro atoms. The number of pyridine rings is 1. The lowest BCUT2D eigenvalue weighted by molar-refractivity contribution is 0.938. The zero-order chi connectivity index (χ0) is 11.0. The minimum atomic E-state index is 0.271. The van der Waals surface area contributed by atoms with E-state index in [0.29, 0.717) is 5.65 Å². The van der Waals surface area contributed by atoms with Crippen molar-refractivity contribution in [2.45, 2.75) is 12.8 Å². The van der Waals surface area contributed by atoms with Crippen molar-refractivity contribution in [2.24, 2.45) is 0 Å². The summed E-state index contributed by atoms with van der Waals surface area (Å²) in [6.45, 7) is 2.08. The maximum atomic E-state index is 5.91. The molecule has 1 saturated heterocycles. The fourth-order valence-electron chi connectivity index (χ4n) is 2.09. The third kappa shape index (κ3) is 1.59. The predicted molar refractivity (Wildman–Crippen MR) is 63.8 cm³/mol. The zero-order valence-corrected chi connectivity index (χ0v) is 9.48. The highest BCUT2D eigenvalue weighted by Crippen LogP contribution is 2.26. The molecule has 1 aliphatic rings. The maximum Gasteiger partial charge on any atom is 0.226 e. The first kappa shape index (κ1) is 9.78. The Morgan fingerprint density at radius 3 is 2.81 bits per heavy atom. The first-order valence-electron chi connectivity index (χ1n) is 5.38. The van der Waals surface area contributed by atoms with Gasteiger partial charge in [0, 0.05) is 19.3 Å². The second-order valence-electron chi connectivity index (χ2n) is 3.88. The number of fused-ring (bicyclic) bond motifs is 1. The van der Waals surface area contributed by atoms with Crippen molar-refractivity contribution in [3.63, 3.8) is 0 Å². The van der Waals surface area contributed by atoms with E-state index in [4.69, 9.17) is 11.6 Å². The van der Waals surface area contributed by atoms with E-state index in [1.54, 1.807) is 6.20 Å². The smallest absolute Gasteiger partial charge is 0.226 e. The number of hydrogen-bond donors (Lipinski definition) is 0. The van der Waals surface area contributed by atoms with Gasteiger partial charge in [-0.25, -0.2) is 4.98 Å². The Labute approximate surface area is 98.3 Å². The van der Waals surface area contributed by atoms with E-state index < -0.39 is 0 Å². The largest absolute Gasteiger partial charge is 0.356 e. The standard InChI is InChI=1S/C11H11ClN4/c12-11-14-9-8(4-3-5-13-9)10(15-11)16-6-1-2-7-16/h3-5H,1-2,6-7H2. The van der Waals surface area contributed by atoms with E-state index in [9.17, 15) is 0 Å². The minimum Gasteiger partial charge on any atom is -0.356 e. The van der Waals surface area contributed by atoms with Crippen molar-refractivity contribution in [1.82, 2.24) is 15.0 Å². The summed E-state index contributed by atoms with van der Waals surface area (Å²) in [5.41, 5.74) is 0.671. The van der Waals surface area contributed by atoms with E-state index in [1.807, 2.05) is 12.1 Å². The van der Waals surface area contributed by atoms with Gasteiger partial charge in [-0.2, -0.15) is 9.97 Å². The average Bonchev–Trinajstić information content (AvgIpc) is 2.81. The van der Waals surface area contributed by atoms with Crippen LogP contribution in [-0.4, -0.2) is 28.0 Å². The molecular formula is C11H11ClN4. The molecule has 2 aromatic heterocycles. The summed E-state index contributed by atoms with van der Waals surface area (Å²) in [4.78, 5) is 14.9. The first-order chi connectivity index (χ1) is 7.84. The van der Waals surface area contributed by atoms with Crippen molar-refractivity contribution in [1.29, 1.82) is 0 Å². The summed E-state index contributed by atoms with van der Waals surface area (Å²) in [5.74, 6) is 0.917. The van der Waals surface area contributed by atoms with E-state index in [1.165, 1.54) is 12.8 Å². The molecule has 0 radical (unpaired) electrons. The van der Waals surface area contributed by atoms with Gasteiger partial charge in [0.15, 0.2) is 5.65 Å². The van der Waals surface area contributed by atoms with Gasteiger partial charge in [0.2, 0.25) is 5.28 Å². The van der Waals surface area contributed by atoms with Crippen molar-refractivity contribution >= 4 is 28.5 Å². The molecule has 2 aromatic rings. The van der Waals surface area contributed by atoms with Crippen LogP contribution >= 0.6 is 11.6 Å². The molecule has 1 aliphatic heterocycles. The SMILES string of the molecule is Clc1nc(N2CCCC2)c2cccnc2n1. The van der Waals surface area contributed by atoms with E-state index in [-0.39, 0.29) is 5.28 Å². The molecule has 0 atom stereocenters. The molecule has 0 aromatic carbocycles. The highest BCUT2D eigenvalue weighted by molar-refractivity contribution is 6.28. The van der Waals surface area contributed by atoms with E-state index in [0.717, 1.165) is 24.3 Å². The molecule has 0 aliphatic carbocycles. The number of rotatable bonds is 1. The summed E-state index contributed by atoms with van der Waals surface area (Å²) in [6, 6.07) is 3.89. The Morgan fingerprint density at radius 2 is 2.00 bits per heavy atom. The van der Waals surface area contributed by atoms with Crippen LogP contribution in [0.2, 0.25) is 5.28 Å². The minimum absolute atomic E-state index is 0.271. The van der Waals surface area contributed by atoms with Crippen molar-refractivity contribution in [2.75, 3.05) is 18.0 Å². The van der Waals surface area contributed by atoms with Gasteiger partial charge in [-0.05, 0) is 36.6 Å². The van der Waals surface area contributed by atoms with Gasteiger partial charge in [-0.1, -0.05) is 0 Å². The van der Waals surface area contributed by atoms with Crippen LogP contribution in [-0.2, 0) is 0 Å². The lowest BCUT2D eigenvalue weighted by atomic mass is 10.3. The molecular weight excluding hydrogens is 224 g/mol. The van der Waals surface area contributed by atoms with Gasteiger partial charge >= 0.3 is 0 Å². The fraction of sp³-hybridized carbons (Fsp3) is 0.364. The lowest BCUT2D eigenvalue weighted by Crippen LogP contribution is -2.19. The number of halogens is 1. The second-order valence-corrected chi connectivity index (χ2v) is 4.22. The van der Waals surface area contributed by atoms with Crippen LogP contribution < -0.4 is 4.90 Å². The topological polar surface area (TPSA) is 41.9 Å². The van der Waals surface area contributed by atoms with Crippen LogP contribution in [0.1, 0.15) is 12.8 Å². The van der Waals surface area contributed by atoms with Crippen LogP contribution in [0.25, 0.3) is 11.0 Å². The molecule has 82 valence electrons. The molecule has 4 nitrogen and oxygen atoms in total. The van der Waals surface area contributed by atoms with Crippen molar-refractivity contribution in [3.05, 3.63) is 23.6 Å². The van der Waals surface area contributed by atoms with E-state index >= 15 is 0 Å². The number of nitrogens with zero attached hydrogens (tertiary/aromatic N) is 4. The van der Waals surface area contributed by atoms with Crippen LogP contribution in [0.15, 0.2) is 18.3 Å². The normalized spacial score (nSPS) is 15.9. The van der Waals surface area contributed by atoms with Crippen LogP contribution in [0.3, 0.4) is 0 Å². The van der Waals surface area contributed by atoms with Crippen LogP contribution in [0, 0.1) is 0 Å². The first-order valence-corrected chi connectivity index (χ1v) is 5.75. The molecule has 5 heteroatoms. The maximum absolute atomic E-state index is 5.91. The Hall–Kier alpha value is -1.42. The number of aromatic nitrogens is 3. The summed E-state index contributed by atoms with van der Waals surface area (Å²) in [7, 11) is 0. The Balaban J connectivity index is 2.21. The lowest BCUT2D eigenvalue weighted by Gasteiger charge is -2.17. The Kier molecular flexibility index (Phi) is 2.36. The Morgan fingerprint density at radius 1 is 1.19 bits per heavy atom. The summed E-state index contributed by atoms with van der Waals surface area (Å²) in [5, 5.41) is 1.25. The third-order valence-electron chi connectivity index (χ3n) is 2.83. The molecule has 3 rings (SSSR count). The quantitative estimate of drug-likeness (QED) is 0.710. The summed E-state index contributed by atoms with van der Waals surface area (Å²) < 4.78 is 0. The monoisotopic (exact) mass is 234 g/mol. The Bertz CT molecular complexity index is 522. The van der Waals surface area contributed by atoms with E-state index in [2.05, 4.69) is 19.9 Å². The second kappa shape index (κ2) is 3.87. The third-order valence-corrected chi connectivity index (χ3v) is 3.00. The predicted octanol–water partition coefficient (Wildman–Crippen LogP) is 2.28. The molecule has 16 heavy (non-hydrogen) atoms. The summed E-state index contributed by atoms with van der Waals surface area (Å²) in [6.07, 6.45) is 4.15. The van der Waals surface area contributed by atoms with Gasteiger partial charge in [-0.15, -0.1) is 0 Å². The van der Waals surface area contributed by atoms with Gasteiger partial charge in [-0.3, -0.25) is 0 Å². The van der Waals surface area contributed by atoms with Gasteiger partial charge < -0.3 is 4.90 Å². The molecule has 3 heterocycles.